The van der Waals surface area contributed by atoms with E-state index >= 15 is 0 Å². The van der Waals surface area contributed by atoms with E-state index in [1.165, 1.54) is 6.33 Å². The molecular formula is C26H25BrN6O2. The van der Waals surface area contributed by atoms with Gasteiger partial charge in [-0.2, -0.15) is 0 Å². The molecule has 0 bridgehead atoms. The van der Waals surface area contributed by atoms with Gasteiger partial charge in [-0.15, -0.1) is 0 Å². The van der Waals surface area contributed by atoms with Gasteiger partial charge in [0.15, 0.2) is 0 Å². The summed E-state index contributed by atoms with van der Waals surface area (Å²) in [5.41, 5.74) is 15.7. The van der Waals surface area contributed by atoms with Gasteiger partial charge in [0.25, 0.3) is 0 Å². The second kappa shape index (κ2) is 8.44. The van der Waals surface area contributed by atoms with Crippen molar-refractivity contribution < 1.29 is 10.2 Å². The average molecular weight is 533 g/mol. The number of aryl methyl sites for hydroxylation is 1. The summed E-state index contributed by atoms with van der Waals surface area (Å²) in [7, 11) is 0. The molecule has 6 N–H and O–H groups in total. The van der Waals surface area contributed by atoms with Crippen molar-refractivity contribution in [1.82, 2.24) is 19.5 Å². The molecule has 9 heteroatoms. The minimum atomic E-state index is -0.911. The Hall–Kier alpha value is -3.27. The summed E-state index contributed by atoms with van der Waals surface area (Å²) in [5.74, 6) is 0.804. The van der Waals surface area contributed by atoms with Crippen LogP contribution in [-0.4, -0.2) is 41.9 Å². The molecule has 178 valence electrons. The van der Waals surface area contributed by atoms with E-state index in [1.54, 1.807) is 0 Å². The van der Waals surface area contributed by atoms with Crippen LogP contribution in [0.25, 0.3) is 32.8 Å². The Morgan fingerprint density at radius 1 is 1.00 bits per heavy atom. The number of halogens is 1. The van der Waals surface area contributed by atoms with Crippen LogP contribution < -0.4 is 11.5 Å². The van der Waals surface area contributed by atoms with Gasteiger partial charge in [0.2, 0.25) is 0 Å². The fourth-order valence-electron chi connectivity index (χ4n) is 5.53. The number of nitrogen functional groups attached to an aromatic ring is 2. The molecule has 3 heterocycles. The number of fused-ring (bicyclic) bond motifs is 4. The SMILES string of the molecule is Nc1nc2cc(CCC3CC(n4c5ccccc5c5c(N)ncnc54)C(O)C3O)ccc2cc1Br. The van der Waals surface area contributed by atoms with Crippen molar-refractivity contribution in [3.05, 3.63) is 64.9 Å². The van der Waals surface area contributed by atoms with Crippen LogP contribution in [0.5, 0.6) is 0 Å². The highest BCUT2D eigenvalue weighted by molar-refractivity contribution is 9.10. The minimum Gasteiger partial charge on any atom is -0.390 e. The molecule has 3 aromatic heterocycles. The van der Waals surface area contributed by atoms with Gasteiger partial charge in [-0.05, 0) is 64.9 Å². The van der Waals surface area contributed by atoms with Crippen LogP contribution in [-0.2, 0) is 6.42 Å². The summed E-state index contributed by atoms with van der Waals surface area (Å²) in [6.07, 6.45) is 1.83. The first kappa shape index (κ1) is 22.2. The molecule has 0 amide bonds. The molecule has 4 unspecified atom stereocenters. The van der Waals surface area contributed by atoms with Crippen molar-refractivity contribution in [1.29, 1.82) is 0 Å². The van der Waals surface area contributed by atoms with Gasteiger partial charge >= 0.3 is 0 Å². The van der Waals surface area contributed by atoms with Crippen LogP contribution in [0, 0.1) is 5.92 Å². The lowest BCUT2D eigenvalue weighted by Gasteiger charge is -2.20. The summed E-state index contributed by atoms with van der Waals surface area (Å²) >= 11 is 3.42. The highest BCUT2D eigenvalue weighted by Crippen LogP contribution is 2.43. The third kappa shape index (κ3) is 3.62. The number of para-hydroxylation sites is 1. The van der Waals surface area contributed by atoms with Crippen molar-refractivity contribution >= 4 is 60.4 Å². The molecular weight excluding hydrogens is 508 g/mol. The fraction of sp³-hybridized carbons (Fsp3) is 0.269. The first-order valence-corrected chi connectivity index (χ1v) is 12.4. The summed E-state index contributed by atoms with van der Waals surface area (Å²) < 4.78 is 2.81. The summed E-state index contributed by atoms with van der Waals surface area (Å²) in [5, 5.41) is 24.8. The van der Waals surface area contributed by atoms with Crippen LogP contribution in [0.15, 0.2) is 59.3 Å². The van der Waals surface area contributed by atoms with Crippen LogP contribution in [0.1, 0.15) is 24.4 Å². The molecule has 0 spiro atoms. The number of nitrogens with two attached hydrogens (primary N) is 2. The van der Waals surface area contributed by atoms with E-state index in [4.69, 9.17) is 11.5 Å². The summed E-state index contributed by atoms with van der Waals surface area (Å²) in [6.45, 7) is 0. The maximum absolute atomic E-state index is 11.1. The molecule has 1 aliphatic carbocycles. The number of hydrogen-bond acceptors (Lipinski definition) is 7. The number of nitrogens with zero attached hydrogens (tertiary/aromatic N) is 4. The van der Waals surface area contributed by atoms with Crippen LogP contribution >= 0.6 is 15.9 Å². The third-order valence-electron chi connectivity index (χ3n) is 7.29. The second-order valence-electron chi connectivity index (χ2n) is 9.31. The van der Waals surface area contributed by atoms with Crippen molar-refractivity contribution in [2.45, 2.75) is 37.5 Å². The Morgan fingerprint density at radius 2 is 1.83 bits per heavy atom. The highest BCUT2D eigenvalue weighted by Gasteiger charge is 2.43. The van der Waals surface area contributed by atoms with E-state index in [1.807, 2.05) is 47.0 Å². The van der Waals surface area contributed by atoms with Crippen molar-refractivity contribution in [3.63, 3.8) is 0 Å². The molecule has 0 saturated heterocycles. The van der Waals surface area contributed by atoms with E-state index < -0.39 is 12.2 Å². The standard InChI is InChI=1S/C26H25BrN6O2/c27-17-10-14-7-5-13(9-18(14)32-24(17)28)6-8-15-11-20(23(35)22(15)34)33-19-4-2-1-3-16(19)21-25(29)30-12-31-26(21)33/h1-5,7,9-10,12,15,20,22-23,34-35H,6,8,11H2,(H2,28,32)(H2,29,30,31). The fourth-order valence-corrected chi connectivity index (χ4v) is 5.86. The lowest BCUT2D eigenvalue weighted by Crippen LogP contribution is -2.29. The maximum Gasteiger partial charge on any atom is 0.146 e. The first-order valence-electron chi connectivity index (χ1n) is 11.6. The average Bonchev–Trinajstić information content (AvgIpc) is 3.33. The molecule has 1 saturated carbocycles. The minimum absolute atomic E-state index is 0.0657. The van der Waals surface area contributed by atoms with Gasteiger partial charge in [-0.3, -0.25) is 0 Å². The molecule has 1 fully saturated rings. The molecule has 5 aromatic rings. The zero-order chi connectivity index (χ0) is 24.3. The molecule has 1 aliphatic rings. The monoisotopic (exact) mass is 532 g/mol. The van der Waals surface area contributed by atoms with Crippen molar-refractivity contribution in [3.8, 4) is 0 Å². The number of aliphatic hydroxyl groups is 2. The van der Waals surface area contributed by atoms with E-state index in [9.17, 15) is 10.2 Å². The number of pyridine rings is 1. The zero-order valence-corrected chi connectivity index (χ0v) is 20.4. The van der Waals surface area contributed by atoms with Crippen molar-refractivity contribution in [2.75, 3.05) is 11.5 Å². The Morgan fingerprint density at radius 3 is 2.69 bits per heavy atom. The predicted molar refractivity (Wildman–Crippen MR) is 141 cm³/mol. The number of rotatable bonds is 4. The normalized spacial score (nSPS) is 22.5. The van der Waals surface area contributed by atoms with Crippen LogP contribution in [0.4, 0.5) is 11.6 Å². The first-order chi connectivity index (χ1) is 16.9. The van der Waals surface area contributed by atoms with Gasteiger partial charge in [-0.1, -0.05) is 30.3 Å². The Labute approximate surface area is 209 Å². The maximum atomic E-state index is 11.1. The Bertz CT molecular complexity index is 1590. The molecule has 6 rings (SSSR count). The molecule has 0 radical (unpaired) electrons. The second-order valence-corrected chi connectivity index (χ2v) is 10.2. The van der Waals surface area contributed by atoms with Gasteiger partial charge in [0, 0.05) is 10.8 Å². The van der Waals surface area contributed by atoms with E-state index in [0.717, 1.165) is 50.1 Å². The number of aromatic nitrogens is 4. The van der Waals surface area contributed by atoms with E-state index in [0.29, 0.717) is 23.7 Å². The van der Waals surface area contributed by atoms with Crippen LogP contribution in [0.3, 0.4) is 0 Å². The van der Waals surface area contributed by atoms with Gasteiger partial charge in [0.05, 0.1) is 33.0 Å². The largest absolute Gasteiger partial charge is 0.390 e. The zero-order valence-electron chi connectivity index (χ0n) is 18.8. The number of anilines is 2. The van der Waals surface area contributed by atoms with E-state index in [2.05, 4.69) is 36.9 Å². The number of benzene rings is 2. The summed E-state index contributed by atoms with van der Waals surface area (Å²) in [4.78, 5) is 13.1. The highest BCUT2D eigenvalue weighted by atomic mass is 79.9. The third-order valence-corrected chi connectivity index (χ3v) is 7.92. The van der Waals surface area contributed by atoms with Gasteiger partial charge < -0.3 is 26.2 Å². The lowest BCUT2D eigenvalue weighted by molar-refractivity contribution is 0.00595. The smallest absolute Gasteiger partial charge is 0.146 e. The summed E-state index contributed by atoms with van der Waals surface area (Å²) in [6, 6.07) is 15.7. The predicted octanol–water partition coefficient (Wildman–Crippen LogP) is 3.98. The van der Waals surface area contributed by atoms with Gasteiger partial charge in [-0.25, -0.2) is 15.0 Å². The topological polar surface area (TPSA) is 136 Å². The molecule has 4 atom stereocenters. The van der Waals surface area contributed by atoms with Crippen molar-refractivity contribution in [2.24, 2.45) is 5.92 Å². The molecule has 8 nitrogen and oxygen atoms in total. The quantitative estimate of drug-likeness (QED) is 0.274. The van der Waals surface area contributed by atoms with E-state index in [-0.39, 0.29) is 12.0 Å². The molecule has 35 heavy (non-hydrogen) atoms. The number of hydrogen-bond donors (Lipinski definition) is 4. The number of aliphatic hydroxyl groups excluding tert-OH is 2. The Balaban J connectivity index is 1.29. The molecule has 2 aromatic carbocycles. The lowest BCUT2D eigenvalue weighted by atomic mass is 9.95. The van der Waals surface area contributed by atoms with Crippen LogP contribution in [0.2, 0.25) is 0 Å². The molecule has 0 aliphatic heterocycles. The Kier molecular flexibility index (Phi) is 5.36. The van der Waals surface area contributed by atoms with Gasteiger partial charge in [0.1, 0.15) is 29.7 Å².